The van der Waals surface area contributed by atoms with Gasteiger partial charge in [0.2, 0.25) is 0 Å². The fraction of sp³-hybridized carbons (Fsp3) is 0.600. The summed E-state index contributed by atoms with van der Waals surface area (Å²) in [7, 11) is 1.75. The Morgan fingerprint density at radius 2 is 2.24 bits per heavy atom. The van der Waals surface area contributed by atoms with Crippen molar-refractivity contribution in [3.8, 4) is 5.75 Å². The van der Waals surface area contributed by atoms with Gasteiger partial charge in [-0.25, -0.2) is 0 Å². The van der Waals surface area contributed by atoms with Crippen LogP contribution in [0.5, 0.6) is 5.75 Å². The minimum absolute atomic E-state index is 0.522. The van der Waals surface area contributed by atoms with Crippen molar-refractivity contribution in [2.24, 2.45) is 11.8 Å². The summed E-state index contributed by atoms with van der Waals surface area (Å²) in [6.07, 6.45) is 5.58. The molecule has 0 N–H and O–H groups in total. The second-order valence-corrected chi connectivity index (χ2v) is 5.25. The number of benzene rings is 1. The standard InChI is InChI=1S/C15H20O2/c1-16-14-7-3-2-5-11(14)9-13-10-12-6-4-8-17-15(12)13/h2-3,5,7,12-13,15H,4,6,8-10H2,1H3/t12-,13-,15-/m1/s1. The van der Waals surface area contributed by atoms with Gasteiger partial charge in [-0.3, -0.25) is 0 Å². The molecule has 1 aliphatic heterocycles. The van der Waals surface area contributed by atoms with Gasteiger partial charge >= 0.3 is 0 Å². The Morgan fingerprint density at radius 1 is 1.35 bits per heavy atom. The van der Waals surface area contributed by atoms with E-state index in [1.54, 1.807) is 7.11 Å². The maximum absolute atomic E-state index is 5.89. The molecule has 2 fully saturated rings. The molecule has 0 aromatic heterocycles. The lowest BCUT2D eigenvalue weighted by Gasteiger charge is -2.47. The molecule has 0 unspecified atom stereocenters. The summed E-state index contributed by atoms with van der Waals surface area (Å²) < 4.78 is 11.3. The molecule has 1 saturated carbocycles. The van der Waals surface area contributed by atoms with Crippen molar-refractivity contribution in [2.45, 2.75) is 31.8 Å². The Balaban J connectivity index is 1.67. The Kier molecular flexibility index (Phi) is 3.06. The van der Waals surface area contributed by atoms with Gasteiger partial charge in [0.25, 0.3) is 0 Å². The third-order valence-corrected chi connectivity index (χ3v) is 4.24. The molecule has 92 valence electrons. The van der Waals surface area contributed by atoms with Gasteiger partial charge in [-0.1, -0.05) is 18.2 Å². The van der Waals surface area contributed by atoms with Crippen LogP contribution in [-0.4, -0.2) is 19.8 Å². The molecular formula is C15H20O2. The van der Waals surface area contributed by atoms with Crippen molar-refractivity contribution in [1.82, 2.24) is 0 Å². The zero-order valence-electron chi connectivity index (χ0n) is 10.4. The van der Waals surface area contributed by atoms with E-state index in [-0.39, 0.29) is 0 Å². The highest BCUT2D eigenvalue weighted by molar-refractivity contribution is 5.34. The molecule has 0 amide bonds. The summed E-state index contributed by atoms with van der Waals surface area (Å²) in [5.41, 5.74) is 1.33. The van der Waals surface area contributed by atoms with E-state index < -0.39 is 0 Å². The average Bonchev–Trinajstić information content (AvgIpc) is 2.36. The lowest BCUT2D eigenvalue weighted by atomic mass is 9.66. The fourth-order valence-electron chi connectivity index (χ4n) is 3.32. The highest BCUT2D eigenvalue weighted by Crippen LogP contribution is 2.44. The maximum atomic E-state index is 5.89. The predicted molar refractivity (Wildman–Crippen MR) is 67.3 cm³/mol. The van der Waals surface area contributed by atoms with Crippen molar-refractivity contribution >= 4 is 0 Å². The van der Waals surface area contributed by atoms with E-state index in [1.807, 2.05) is 12.1 Å². The second kappa shape index (κ2) is 4.69. The Bertz CT molecular complexity index is 388. The molecule has 0 bridgehead atoms. The fourth-order valence-corrected chi connectivity index (χ4v) is 3.32. The van der Waals surface area contributed by atoms with Crippen LogP contribution in [0.25, 0.3) is 0 Å². The predicted octanol–water partition coefficient (Wildman–Crippen LogP) is 3.05. The molecule has 17 heavy (non-hydrogen) atoms. The molecule has 1 aliphatic carbocycles. The van der Waals surface area contributed by atoms with Crippen LogP contribution >= 0.6 is 0 Å². The topological polar surface area (TPSA) is 18.5 Å². The lowest BCUT2D eigenvalue weighted by molar-refractivity contribution is -0.127. The van der Waals surface area contributed by atoms with Gasteiger partial charge in [-0.2, -0.15) is 0 Å². The van der Waals surface area contributed by atoms with Crippen LogP contribution in [0.1, 0.15) is 24.8 Å². The van der Waals surface area contributed by atoms with Gasteiger partial charge < -0.3 is 9.47 Å². The molecule has 1 aromatic rings. The number of hydrogen-bond donors (Lipinski definition) is 0. The van der Waals surface area contributed by atoms with Crippen LogP contribution in [0, 0.1) is 11.8 Å². The van der Waals surface area contributed by atoms with Gasteiger partial charge in [-0.05, 0) is 49.1 Å². The summed E-state index contributed by atoms with van der Waals surface area (Å²) in [5, 5.41) is 0. The number of ether oxygens (including phenoxy) is 2. The minimum atomic E-state index is 0.522. The highest BCUT2D eigenvalue weighted by atomic mass is 16.5. The number of fused-ring (bicyclic) bond motifs is 1. The van der Waals surface area contributed by atoms with Gasteiger partial charge in [-0.15, -0.1) is 0 Å². The molecule has 1 aromatic carbocycles. The van der Waals surface area contributed by atoms with E-state index in [2.05, 4.69) is 12.1 Å². The Morgan fingerprint density at radius 3 is 3.06 bits per heavy atom. The quantitative estimate of drug-likeness (QED) is 0.797. The first-order valence-corrected chi connectivity index (χ1v) is 6.62. The average molecular weight is 232 g/mol. The minimum Gasteiger partial charge on any atom is -0.496 e. The van der Waals surface area contributed by atoms with Crippen LogP contribution in [0.2, 0.25) is 0 Å². The molecule has 1 saturated heterocycles. The number of rotatable bonds is 3. The lowest BCUT2D eigenvalue weighted by Crippen LogP contribution is -2.47. The van der Waals surface area contributed by atoms with E-state index >= 15 is 0 Å². The van der Waals surface area contributed by atoms with Crippen molar-refractivity contribution < 1.29 is 9.47 Å². The zero-order chi connectivity index (χ0) is 11.7. The summed E-state index contributed by atoms with van der Waals surface area (Å²) in [4.78, 5) is 0. The van der Waals surface area contributed by atoms with E-state index in [4.69, 9.17) is 9.47 Å². The first-order chi connectivity index (χ1) is 8.38. The molecular weight excluding hydrogens is 212 g/mol. The zero-order valence-corrected chi connectivity index (χ0v) is 10.4. The van der Waals surface area contributed by atoms with Crippen molar-refractivity contribution in [1.29, 1.82) is 0 Å². The number of para-hydroxylation sites is 1. The smallest absolute Gasteiger partial charge is 0.122 e. The first kappa shape index (κ1) is 11.1. The molecule has 0 radical (unpaired) electrons. The molecule has 1 heterocycles. The van der Waals surface area contributed by atoms with Crippen molar-refractivity contribution in [3.63, 3.8) is 0 Å². The van der Waals surface area contributed by atoms with Crippen molar-refractivity contribution in [2.75, 3.05) is 13.7 Å². The summed E-state index contributed by atoms with van der Waals surface area (Å²) in [6.45, 7) is 0.962. The SMILES string of the molecule is COc1ccccc1C[C@@H]1C[C@H]2CCCO[C@H]21. The molecule has 2 aliphatic rings. The Hall–Kier alpha value is -1.02. The summed E-state index contributed by atoms with van der Waals surface area (Å²) >= 11 is 0. The second-order valence-electron chi connectivity index (χ2n) is 5.25. The van der Waals surface area contributed by atoms with Crippen LogP contribution in [-0.2, 0) is 11.2 Å². The normalized spacial score (nSPS) is 31.5. The van der Waals surface area contributed by atoms with E-state index in [1.165, 1.54) is 24.8 Å². The third kappa shape index (κ3) is 2.06. The maximum Gasteiger partial charge on any atom is 0.122 e. The first-order valence-electron chi connectivity index (χ1n) is 6.62. The van der Waals surface area contributed by atoms with E-state index in [0.717, 1.165) is 24.7 Å². The largest absolute Gasteiger partial charge is 0.496 e. The van der Waals surface area contributed by atoms with E-state index in [0.29, 0.717) is 12.0 Å². The molecule has 2 nitrogen and oxygen atoms in total. The van der Waals surface area contributed by atoms with Gasteiger partial charge in [0.15, 0.2) is 0 Å². The highest BCUT2D eigenvalue weighted by Gasteiger charge is 2.43. The number of methoxy groups -OCH3 is 1. The van der Waals surface area contributed by atoms with Crippen LogP contribution in [0.4, 0.5) is 0 Å². The van der Waals surface area contributed by atoms with Crippen LogP contribution in [0.3, 0.4) is 0 Å². The van der Waals surface area contributed by atoms with Crippen LogP contribution < -0.4 is 4.74 Å². The monoisotopic (exact) mass is 232 g/mol. The van der Waals surface area contributed by atoms with Gasteiger partial charge in [0, 0.05) is 6.61 Å². The summed E-state index contributed by atoms with van der Waals surface area (Å²) in [6, 6.07) is 8.35. The third-order valence-electron chi connectivity index (χ3n) is 4.24. The van der Waals surface area contributed by atoms with Gasteiger partial charge in [0.05, 0.1) is 13.2 Å². The van der Waals surface area contributed by atoms with E-state index in [9.17, 15) is 0 Å². The number of hydrogen-bond acceptors (Lipinski definition) is 2. The van der Waals surface area contributed by atoms with Crippen molar-refractivity contribution in [3.05, 3.63) is 29.8 Å². The molecule has 2 heteroatoms. The summed E-state index contributed by atoms with van der Waals surface area (Å²) in [5.74, 6) is 2.56. The van der Waals surface area contributed by atoms with Gasteiger partial charge in [0.1, 0.15) is 5.75 Å². The van der Waals surface area contributed by atoms with Crippen LogP contribution in [0.15, 0.2) is 24.3 Å². The Labute approximate surface area is 103 Å². The molecule has 3 rings (SSSR count). The molecule has 0 spiro atoms. The molecule has 3 atom stereocenters.